The van der Waals surface area contributed by atoms with Gasteiger partial charge in [-0.25, -0.2) is 4.79 Å². The number of thioether (sulfide) groups is 1. The maximum absolute atomic E-state index is 12.8. The topological polar surface area (TPSA) is 57.6 Å². The molecule has 1 aliphatic heterocycles. The predicted octanol–water partition coefficient (Wildman–Crippen LogP) is 2.86. The molecule has 3 rings (SSSR count). The zero-order chi connectivity index (χ0) is 17.1. The number of carboxylic acid groups (broad SMARTS) is 1. The Balaban J connectivity index is 1.72. The van der Waals surface area contributed by atoms with Gasteiger partial charge in [0.05, 0.1) is 5.25 Å². The van der Waals surface area contributed by atoms with Crippen molar-refractivity contribution in [3.63, 3.8) is 0 Å². The first-order valence-electron chi connectivity index (χ1n) is 7.84. The lowest BCUT2D eigenvalue weighted by Crippen LogP contribution is -2.47. The van der Waals surface area contributed by atoms with Crippen molar-refractivity contribution in [2.45, 2.75) is 29.0 Å². The largest absolute Gasteiger partial charge is 0.480 e. The minimum atomic E-state index is -0.977. The number of amides is 1. The highest BCUT2D eigenvalue weighted by Gasteiger charge is 2.35. The van der Waals surface area contributed by atoms with Crippen LogP contribution in [0.15, 0.2) is 59.5 Å². The maximum Gasteiger partial charge on any atom is 0.326 e. The molecule has 0 bridgehead atoms. The lowest BCUT2D eigenvalue weighted by atomic mass is 10.0. The van der Waals surface area contributed by atoms with Crippen LogP contribution in [0.2, 0.25) is 0 Å². The van der Waals surface area contributed by atoms with Gasteiger partial charge in [-0.15, -0.1) is 11.8 Å². The van der Waals surface area contributed by atoms with Crippen molar-refractivity contribution >= 4 is 23.6 Å². The molecule has 124 valence electrons. The van der Waals surface area contributed by atoms with Crippen molar-refractivity contribution in [1.29, 1.82) is 0 Å². The summed E-state index contributed by atoms with van der Waals surface area (Å²) in [6.07, 6.45) is 0.963. The molecule has 0 saturated heterocycles. The van der Waals surface area contributed by atoms with Crippen molar-refractivity contribution in [2.24, 2.45) is 0 Å². The summed E-state index contributed by atoms with van der Waals surface area (Å²) in [4.78, 5) is 27.0. The molecule has 0 aromatic heterocycles. The normalized spacial score (nSPS) is 17.1. The number of likely N-dealkylation sites (N-methyl/N-ethyl adjacent to an activating group) is 1. The molecule has 1 aliphatic rings. The second kappa shape index (κ2) is 7.09. The number of fused-ring (bicyclic) bond motifs is 1. The van der Waals surface area contributed by atoms with E-state index < -0.39 is 12.0 Å². The Morgan fingerprint density at radius 2 is 1.83 bits per heavy atom. The highest BCUT2D eigenvalue weighted by molar-refractivity contribution is 8.01. The van der Waals surface area contributed by atoms with E-state index in [9.17, 15) is 14.7 Å². The van der Waals surface area contributed by atoms with E-state index in [1.54, 1.807) is 7.05 Å². The van der Waals surface area contributed by atoms with Crippen LogP contribution in [0.5, 0.6) is 0 Å². The summed E-state index contributed by atoms with van der Waals surface area (Å²) in [6.45, 7) is 0. The van der Waals surface area contributed by atoms with Gasteiger partial charge in [-0.1, -0.05) is 48.5 Å². The Labute approximate surface area is 145 Å². The fraction of sp³-hybridized carbons (Fsp3) is 0.263. The molecule has 1 N–H and O–H groups in total. The zero-order valence-electron chi connectivity index (χ0n) is 13.4. The third-order valence-electron chi connectivity index (χ3n) is 4.29. The second-order valence-electron chi connectivity index (χ2n) is 5.91. The Morgan fingerprint density at radius 3 is 2.50 bits per heavy atom. The van der Waals surface area contributed by atoms with Gasteiger partial charge in [-0.2, -0.15) is 0 Å². The SMILES string of the molecule is CN(C(=O)C1Cc2ccccc2S1)C(Cc1ccccc1)C(=O)O. The quantitative estimate of drug-likeness (QED) is 0.908. The van der Waals surface area contributed by atoms with Crippen molar-refractivity contribution in [3.05, 3.63) is 65.7 Å². The van der Waals surface area contributed by atoms with Gasteiger partial charge in [0, 0.05) is 18.4 Å². The molecule has 24 heavy (non-hydrogen) atoms. The van der Waals surface area contributed by atoms with Gasteiger partial charge in [0.15, 0.2) is 0 Å². The van der Waals surface area contributed by atoms with Crippen LogP contribution >= 0.6 is 11.8 Å². The Morgan fingerprint density at radius 1 is 1.17 bits per heavy atom. The van der Waals surface area contributed by atoms with Crippen LogP contribution in [0.1, 0.15) is 11.1 Å². The molecule has 0 radical (unpaired) electrons. The van der Waals surface area contributed by atoms with E-state index in [4.69, 9.17) is 0 Å². The van der Waals surface area contributed by atoms with Gasteiger partial charge in [-0.05, 0) is 23.6 Å². The number of carboxylic acids is 1. The van der Waals surface area contributed by atoms with E-state index in [1.165, 1.54) is 16.7 Å². The van der Waals surface area contributed by atoms with Crippen LogP contribution in [0.4, 0.5) is 0 Å². The highest BCUT2D eigenvalue weighted by Crippen LogP contribution is 2.37. The van der Waals surface area contributed by atoms with Crippen molar-refractivity contribution in [3.8, 4) is 0 Å². The van der Waals surface area contributed by atoms with Gasteiger partial charge < -0.3 is 10.0 Å². The van der Waals surface area contributed by atoms with Crippen LogP contribution in [0.3, 0.4) is 0 Å². The number of benzene rings is 2. The molecule has 2 atom stereocenters. The number of carbonyl (C=O) groups excluding carboxylic acids is 1. The van der Waals surface area contributed by atoms with Gasteiger partial charge in [-0.3, -0.25) is 4.79 Å². The monoisotopic (exact) mass is 341 g/mol. The standard InChI is InChI=1S/C19H19NO3S/c1-20(15(19(22)23)11-13-7-3-2-4-8-13)18(21)17-12-14-9-5-6-10-16(14)24-17/h2-10,15,17H,11-12H2,1H3,(H,22,23). The summed E-state index contributed by atoms with van der Waals surface area (Å²) in [7, 11) is 1.59. The molecule has 5 heteroatoms. The molecule has 0 aliphatic carbocycles. The van der Waals surface area contributed by atoms with Gasteiger partial charge >= 0.3 is 5.97 Å². The summed E-state index contributed by atoms with van der Waals surface area (Å²) in [6, 6.07) is 16.5. The molecule has 4 nitrogen and oxygen atoms in total. The summed E-state index contributed by atoms with van der Waals surface area (Å²) in [5.41, 5.74) is 2.07. The molecule has 2 unspecified atom stereocenters. The number of carbonyl (C=O) groups is 2. The van der Waals surface area contributed by atoms with Crippen LogP contribution in [0, 0.1) is 0 Å². The van der Waals surface area contributed by atoms with E-state index in [2.05, 4.69) is 0 Å². The summed E-state index contributed by atoms with van der Waals surface area (Å²) in [5.74, 6) is -1.10. The van der Waals surface area contributed by atoms with E-state index >= 15 is 0 Å². The Hall–Kier alpha value is -2.27. The third kappa shape index (κ3) is 3.46. The highest BCUT2D eigenvalue weighted by atomic mass is 32.2. The van der Waals surface area contributed by atoms with E-state index in [1.807, 2.05) is 54.6 Å². The summed E-state index contributed by atoms with van der Waals surface area (Å²) < 4.78 is 0. The van der Waals surface area contributed by atoms with E-state index in [0.717, 1.165) is 16.0 Å². The Kier molecular flexibility index (Phi) is 4.90. The predicted molar refractivity (Wildman–Crippen MR) is 94.1 cm³/mol. The van der Waals surface area contributed by atoms with Crippen LogP contribution in [0.25, 0.3) is 0 Å². The smallest absolute Gasteiger partial charge is 0.326 e. The molecule has 0 fully saturated rings. The fourth-order valence-electron chi connectivity index (χ4n) is 2.93. The number of nitrogens with zero attached hydrogens (tertiary/aromatic N) is 1. The first-order chi connectivity index (χ1) is 11.6. The number of aliphatic carboxylic acids is 1. The van der Waals surface area contributed by atoms with Crippen LogP contribution in [-0.4, -0.2) is 40.2 Å². The van der Waals surface area contributed by atoms with Crippen molar-refractivity contribution in [2.75, 3.05) is 7.05 Å². The van der Waals surface area contributed by atoms with E-state index in [-0.39, 0.29) is 11.2 Å². The third-order valence-corrected chi connectivity index (χ3v) is 5.60. The zero-order valence-corrected chi connectivity index (χ0v) is 14.2. The van der Waals surface area contributed by atoms with Crippen LogP contribution in [-0.2, 0) is 22.4 Å². The van der Waals surface area contributed by atoms with Crippen molar-refractivity contribution < 1.29 is 14.7 Å². The minimum Gasteiger partial charge on any atom is -0.480 e. The van der Waals surface area contributed by atoms with Gasteiger partial charge in [0.25, 0.3) is 0 Å². The van der Waals surface area contributed by atoms with Gasteiger partial charge in [0.1, 0.15) is 6.04 Å². The number of hydrogen-bond donors (Lipinski definition) is 1. The summed E-state index contributed by atoms with van der Waals surface area (Å²) >= 11 is 1.52. The van der Waals surface area contributed by atoms with Gasteiger partial charge in [0.2, 0.25) is 5.91 Å². The minimum absolute atomic E-state index is 0.125. The lowest BCUT2D eigenvalue weighted by Gasteiger charge is -2.27. The molecule has 1 heterocycles. The average molecular weight is 341 g/mol. The molecular weight excluding hydrogens is 322 g/mol. The van der Waals surface area contributed by atoms with E-state index in [0.29, 0.717) is 12.8 Å². The molecular formula is C19H19NO3S. The molecule has 0 spiro atoms. The maximum atomic E-state index is 12.8. The first-order valence-corrected chi connectivity index (χ1v) is 8.72. The number of hydrogen-bond acceptors (Lipinski definition) is 3. The summed E-state index contributed by atoms with van der Waals surface area (Å²) in [5, 5.41) is 9.32. The Bertz CT molecular complexity index is 722. The molecule has 2 aromatic rings. The van der Waals surface area contributed by atoms with Crippen LogP contribution < -0.4 is 0 Å². The first kappa shape index (κ1) is 16.6. The molecule has 0 saturated carbocycles. The number of rotatable bonds is 5. The lowest BCUT2D eigenvalue weighted by molar-refractivity contribution is -0.148. The van der Waals surface area contributed by atoms with Crippen molar-refractivity contribution in [1.82, 2.24) is 4.90 Å². The fourth-order valence-corrected chi connectivity index (χ4v) is 4.22. The second-order valence-corrected chi connectivity index (χ2v) is 7.16. The molecule has 2 aromatic carbocycles. The average Bonchev–Trinajstić information content (AvgIpc) is 3.03. The molecule has 1 amide bonds.